The van der Waals surface area contributed by atoms with Crippen molar-refractivity contribution in [2.45, 2.75) is 37.7 Å². The highest BCUT2D eigenvalue weighted by Gasteiger charge is 2.14. The number of rotatable bonds is 5. The summed E-state index contributed by atoms with van der Waals surface area (Å²) in [5, 5.41) is 9.37. The fraction of sp³-hybridized carbons (Fsp3) is 0.250. The summed E-state index contributed by atoms with van der Waals surface area (Å²) in [5.74, 6) is 1.76. The van der Waals surface area contributed by atoms with Crippen LogP contribution in [0.4, 0.5) is 0 Å². The molecular weight excluding hydrogens is 364 g/mol. The molecule has 0 aliphatic rings. The maximum absolute atomic E-state index is 12.0. The second-order valence-corrected chi connectivity index (χ2v) is 7.52. The van der Waals surface area contributed by atoms with Gasteiger partial charge in [0.2, 0.25) is 0 Å². The molecule has 3 heterocycles. The third kappa shape index (κ3) is 3.55. The highest BCUT2D eigenvalue weighted by Crippen LogP contribution is 2.31. The molecule has 0 saturated carbocycles. The Morgan fingerprint density at radius 3 is 2.74 bits per heavy atom. The number of aromatic nitrogens is 2. The minimum atomic E-state index is -0.364. The maximum Gasteiger partial charge on any atom is 0.336 e. The van der Waals surface area contributed by atoms with Crippen molar-refractivity contribution in [2.75, 3.05) is 0 Å². The maximum atomic E-state index is 12.0. The number of nitrogens with zero attached hydrogens (tertiary/aromatic N) is 2. The smallest absolute Gasteiger partial charge is 0.336 e. The van der Waals surface area contributed by atoms with Crippen LogP contribution in [0.1, 0.15) is 36.5 Å². The average Bonchev–Trinajstić information content (AvgIpc) is 3.30. The number of hydrogen-bond donors (Lipinski definition) is 0. The van der Waals surface area contributed by atoms with Crippen molar-refractivity contribution in [3.8, 4) is 11.7 Å². The van der Waals surface area contributed by atoms with Crippen molar-refractivity contribution in [2.24, 2.45) is 0 Å². The van der Waals surface area contributed by atoms with E-state index < -0.39 is 0 Å². The standard InChI is InChI=1S/C20H18N2O4S/c1-11(2)14-9-15-13(8-18(23)25-17(15)7-12(14)3)10-27-20-22-21-19(26-20)16-5-4-6-24-16/h4-9,11H,10H2,1-3H3. The third-order valence-corrected chi connectivity index (χ3v) is 5.20. The van der Waals surface area contributed by atoms with E-state index in [0.29, 0.717) is 34.1 Å². The molecule has 3 aromatic heterocycles. The molecule has 0 spiro atoms. The first-order valence-corrected chi connectivity index (χ1v) is 9.57. The minimum Gasteiger partial charge on any atom is -0.459 e. The zero-order valence-electron chi connectivity index (χ0n) is 15.2. The lowest BCUT2D eigenvalue weighted by Crippen LogP contribution is -2.02. The van der Waals surface area contributed by atoms with Gasteiger partial charge in [0.25, 0.3) is 11.1 Å². The Morgan fingerprint density at radius 2 is 2.00 bits per heavy atom. The minimum absolute atomic E-state index is 0.331. The van der Waals surface area contributed by atoms with Gasteiger partial charge in [-0.1, -0.05) is 25.6 Å². The van der Waals surface area contributed by atoms with E-state index in [1.54, 1.807) is 18.4 Å². The van der Waals surface area contributed by atoms with E-state index >= 15 is 0 Å². The van der Waals surface area contributed by atoms with Gasteiger partial charge in [0, 0.05) is 17.2 Å². The van der Waals surface area contributed by atoms with Crippen LogP contribution in [-0.2, 0) is 5.75 Å². The molecule has 138 valence electrons. The summed E-state index contributed by atoms with van der Waals surface area (Å²) in [7, 11) is 0. The van der Waals surface area contributed by atoms with Crippen LogP contribution < -0.4 is 5.63 Å². The number of thioether (sulfide) groups is 1. The molecule has 0 bridgehead atoms. The van der Waals surface area contributed by atoms with Gasteiger partial charge in [-0.25, -0.2) is 4.79 Å². The molecule has 1 aromatic carbocycles. The summed E-state index contributed by atoms with van der Waals surface area (Å²) < 4.78 is 16.3. The van der Waals surface area contributed by atoms with Crippen molar-refractivity contribution < 1.29 is 13.3 Å². The molecule has 0 amide bonds. The second-order valence-electron chi connectivity index (χ2n) is 6.59. The van der Waals surface area contributed by atoms with Crippen LogP contribution in [0.2, 0.25) is 0 Å². The van der Waals surface area contributed by atoms with E-state index in [9.17, 15) is 4.79 Å². The van der Waals surface area contributed by atoms with Gasteiger partial charge in [-0.05, 0) is 53.8 Å². The Hall–Kier alpha value is -2.80. The molecule has 0 N–H and O–H groups in total. The molecule has 4 rings (SSSR count). The van der Waals surface area contributed by atoms with Gasteiger partial charge in [0.1, 0.15) is 5.58 Å². The number of fused-ring (bicyclic) bond motifs is 1. The van der Waals surface area contributed by atoms with Gasteiger partial charge in [-0.3, -0.25) is 0 Å². The van der Waals surface area contributed by atoms with E-state index in [1.807, 2.05) is 13.0 Å². The second kappa shape index (κ2) is 7.08. The van der Waals surface area contributed by atoms with Gasteiger partial charge < -0.3 is 13.3 Å². The molecule has 6 nitrogen and oxygen atoms in total. The van der Waals surface area contributed by atoms with E-state index in [2.05, 4.69) is 30.1 Å². The first kappa shape index (κ1) is 17.6. The fourth-order valence-corrected chi connectivity index (χ4v) is 3.79. The summed E-state index contributed by atoms with van der Waals surface area (Å²) in [4.78, 5) is 12.0. The Balaban J connectivity index is 1.65. The lowest BCUT2D eigenvalue weighted by atomic mass is 9.95. The van der Waals surface area contributed by atoms with Gasteiger partial charge in [-0.15, -0.1) is 10.2 Å². The van der Waals surface area contributed by atoms with Crippen molar-refractivity contribution in [3.05, 3.63) is 63.7 Å². The topological polar surface area (TPSA) is 82.3 Å². The third-order valence-electron chi connectivity index (χ3n) is 4.33. The van der Waals surface area contributed by atoms with Gasteiger partial charge in [0.05, 0.1) is 6.26 Å². The van der Waals surface area contributed by atoms with Crippen LogP contribution in [0, 0.1) is 6.92 Å². The number of furan rings is 1. The molecule has 0 unspecified atom stereocenters. The quantitative estimate of drug-likeness (QED) is 0.348. The first-order valence-electron chi connectivity index (χ1n) is 8.58. The largest absolute Gasteiger partial charge is 0.459 e. The predicted octanol–water partition coefficient (Wildman–Crippen LogP) is 5.16. The van der Waals surface area contributed by atoms with Crippen LogP contribution in [0.3, 0.4) is 0 Å². The molecule has 7 heteroatoms. The van der Waals surface area contributed by atoms with E-state index in [1.165, 1.54) is 23.4 Å². The van der Waals surface area contributed by atoms with Crippen molar-refractivity contribution in [1.29, 1.82) is 0 Å². The predicted molar refractivity (Wildman–Crippen MR) is 103 cm³/mol. The lowest BCUT2D eigenvalue weighted by Gasteiger charge is -2.12. The molecular formula is C20H18N2O4S. The van der Waals surface area contributed by atoms with Crippen LogP contribution in [-0.4, -0.2) is 10.2 Å². The lowest BCUT2D eigenvalue weighted by molar-refractivity contribution is 0.447. The summed E-state index contributed by atoms with van der Waals surface area (Å²) >= 11 is 1.37. The molecule has 0 fully saturated rings. The zero-order valence-corrected chi connectivity index (χ0v) is 16.0. The monoisotopic (exact) mass is 382 g/mol. The number of aryl methyl sites for hydroxylation is 1. The molecule has 0 radical (unpaired) electrons. The highest BCUT2D eigenvalue weighted by atomic mass is 32.2. The SMILES string of the molecule is Cc1cc2oc(=O)cc(CSc3nnc(-c4ccco4)o3)c2cc1C(C)C. The number of hydrogen-bond acceptors (Lipinski definition) is 7. The summed E-state index contributed by atoms with van der Waals surface area (Å²) in [6.45, 7) is 6.33. The Morgan fingerprint density at radius 1 is 1.15 bits per heavy atom. The van der Waals surface area contributed by atoms with Crippen LogP contribution in [0.5, 0.6) is 0 Å². The molecule has 0 atom stereocenters. The van der Waals surface area contributed by atoms with E-state index in [4.69, 9.17) is 13.3 Å². The molecule has 0 aliphatic heterocycles. The van der Waals surface area contributed by atoms with Crippen molar-refractivity contribution in [3.63, 3.8) is 0 Å². The molecule has 0 saturated heterocycles. The van der Waals surface area contributed by atoms with Gasteiger partial charge in [-0.2, -0.15) is 0 Å². The van der Waals surface area contributed by atoms with E-state index in [0.717, 1.165) is 16.5 Å². The van der Waals surface area contributed by atoms with Crippen molar-refractivity contribution >= 4 is 22.7 Å². The van der Waals surface area contributed by atoms with Gasteiger partial charge in [0.15, 0.2) is 5.76 Å². The van der Waals surface area contributed by atoms with Crippen LogP contribution >= 0.6 is 11.8 Å². The summed E-state index contributed by atoms with van der Waals surface area (Å²) in [5.41, 5.74) is 3.47. The molecule has 27 heavy (non-hydrogen) atoms. The fourth-order valence-electron chi connectivity index (χ4n) is 3.04. The zero-order chi connectivity index (χ0) is 19.0. The van der Waals surface area contributed by atoms with E-state index in [-0.39, 0.29) is 5.63 Å². The highest BCUT2D eigenvalue weighted by molar-refractivity contribution is 7.98. The van der Waals surface area contributed by atoms with Crippen molar-refractivity contribution in [1.82, 2.24) is 10.2 Å². The summed E-state index contributed by atoms with van der Waals surface area (Å²) in [6.07, 6.45) is 1.55. The van der Waals surface area contributed by atoms with Crippen LogP contribution in [0.25, 0.3) is 22.6 Å². The summed E-state index contributed by atoms with van der Waals surface area (Å²) in [6, 6.07) is 9.08. The Bertz CT molecular complexity index is 1140. The normalized spacial score (nSPS) is 11.6. The average molecular weight is 382 g/mol. The Labute approximate surface area is 159 Å². The number of benzene rings is 1. The first-order chi connectivity index (χ1) is 13.0. The van der Waals surface area contributed by atoms with Gasteiger partial charge >= 0.3 is 5.63 Å². The Kier molecular flexibility index (Phi) is 4.61. The molecule has 4 aromatic rings. The molecule has 0 aliphatic carbocycles. The van der Waals surface area contributed by atoms with Crippen LogP contribution in [0.15, 0.2) is 59.9 Å².